The highest BCUT2D eigenvalue weighted by atomic mass is 32.1. The molecule has 102 valence electrons. The molecule has 4 heteroatoms. The van der Waals surface area contributed by atoms with Gasteiger partial charge < -0.3 is 11.1 Å². The molecule has 0 aromatic rings. The molecular weight excluding hydrogens is 244 g/mol. The molecule has 0 aliphatic heterocycles. The fraction of sp³-hybridized carbons (Fsp3) is 0.857. The molecule has 2 rings (SSSR count). The Morgan fingerprint density at radius 2 is 2.00 bits per heavy atom. The van der Waals surface area contributed by atoms with Crippen molar-refractivity contribution >= 4 is 23.1 Å². The fourth-order valence-corrected chi connectivity index (χ4v) is 3.87. The Kier molecular flexibility index (Phi) is 4.25. The Balaban J connectivity index is 2.00. The van der Waals surface area contributed by atoms with E-state index in [-0.39, 0.29) is 23.3 Å². The number of rotatable bonds is 4. The van der Waals surface area contributed by atoms with Crippen LogP contribution in [0.2, 0.25) is 0 Å². The Morgan fingerprint density at radius 3 is 2.56 bits per heavy atom. The summed E-state index contributed by atoms with van der Waals surface area (Å²) < 4.78 is 0. The summed E-state index contributed by atoms with van der Waals surface area (Å²) in [7, 11) is 0. The molecule has 0 bridgehead atoms. The Morgan fingerprint density at radius 1 is 1.33 bits per heavy atom. The second-order valence-corrected chi connectivity index (χ2v) is 6.33. The molecule has 2 atom stereocenters. The largest absolute Gasteiger partial charge is 0.393 e. The van der Waals surface area contributed by atoms with Crippen molar-refractivity contribution in [2.24, 2.45) is 17.1 Å². The molecule has 0 saturated heterocycles. The van der Waals surface area contributed by atoms with Gasteiger partial charge in [-0.3, -0.25) is 4.79 Å². The molecule has 2 saturated carbocycles. The zero-order chi connectivity index (χ0) is 13.2. The number of thiocarbonyl (C=S) groups is 1. The lowest BCUT2D eigenvalue weighted by molar-refractivity contribution is -0.131. The topological polar surface area (TPSA) is 55.1 Å². The van der Waals surface area contributed by atoms with Gasteiger partial charge in [0.15, 0.2) is 0 Å². The standard InChI is InChI=1S/C14H24N2OS/c1-2-14(8-3-4-9-14)13(17)16-11-7-5-6-10(11)12(15)18/h10-11H,2-9H2,1H3,(H2,15,18)(H,16,17). The van der Waals surface area contributed by atoms with Crippen molar-refractivity contribution in [3.05, 3.63) is 0 Å². The minimum atomic E-state index is -0.108. The molecule has 3 N–H and O–H groups in total. The Labute approximate surface area is 115 Å². The van der Waals surface area contributed by atoms with Crippen LogP contribution in [0.25, 0.3) is 0 Å². The minimum Gasteiger partial charge on any atom is -0.393 e. The number of nitrogens with one attached hydrogen (secondary N) is 1. The van der Waals surface area contributed by atoms with Gasteiger partial charge in [-0.05, 0) is 32.1 Å². The summed E-state index contributed by atoms with van der Waals surface area (Å²) >= 11 is 5.10. The van der Waals surface area contributed by atoms with E-state index in [9.17, 15) is 4.79 Å². The summed E-state index contributed by atoms with van der Waals surface area (Å²) in [5, 5.41) is 3.24. The van der Waals surface area contributed by atoms with Gasteiger partial charge in [0.05, 0.1) is 4.99 Å². The summed E-state index contributed by atoms with van der Waals surface area (Å²) in [6.45, 7) is 2.13. The van der Waals surface area contributed by atoms with Gasteiger partial charge in [-0.2, -0.15) is 0 Å². The second kappa shape index (κ2) is 5.55. The van der Waals surface area contributed by atoms with Crippen molar-refractivity contribution in [1.29, 1.82) is 0 Å². The van der Waals surface area contributed by atoms with E-state index >= 15 is 0 Å². The van der Waals surface area contributed by atoms with Crippen LogP contribution >= 0.6 is 12.2 Å². The van der Waals surface area contributed by atoms with E-state index in [4.69, 9.17) is 18.0 Å². The molecule has 2 aliphatic carbocycles. The van der Waals surface area contributed by atoms with Crippen molar-refractivity contribution < 1.29 is 4.79 Å². The zero-order valence-corrected chi connectivity index (χ0v) is 12.0. The predicted molar refractivity (Wildman–Crippen MR) is 77.2 cm³/mol. The normalized spacial score (nSPS) is 30.3. The maximum absolute atomic E-state index is 12.5. The number of nitrogens with two attached hydrogens (primary N) is 1. The third-order valence-electron chi connectivity index (χ3n) is 4.92. The maximum atomic E-state index is 12.5. The number of hydrogen-bond donors (Lipinski definition) is 2. The van der Waals surface area contributed by atoms with Crippen LogP contribution < -0.4 is 11.1 Å². The first-order valence-electron chi connectivity index (χ1n) is 7.19. The molecular formula is C14H24N2OS. The van der Waals surface area contributed by atoms with Crippen LogP contribution in [0.15, 0.2) is 0 Å². The van der Waals surface area contributed by atoms with E-state index in [1.54, 1.807) is 0 Å². The lowest BCUT2D eigenvalue weighted by atomic mass is 9.82. The molecule has 3 nitrogen and oxygen atoms in total. The van der Waals surface area contributed by atoms with Crippen LogP contribution in [0.1, 0.15) is 58.3 Å². The second-order valence-electron chi connectivity index (χ2n) is 5.86. The van der Waals surface area contributed by atoms with Gasteiger partial charge in [0.2, 0.25) is 5.91 Å². The molecule has 0 radical (unpaired) electrons. The lowest BCUT2D eigenvalue weighted by Gasteiger charge is -2.30. The fourth-order valence-electron chi connectivity index (χ4n) is 3.59. The van der Waals surface area contributed by atoms with Crippen LogP contribution in [-0.4, -0.2) is 16.9 Å². The summed E-state index contributed by atoms with van der Waals surface area (Å²) in [6, 6.07) is 0.180. The Bertz CT molecular complexity index is 337. The average Bonchev–Trinajstić information content (AvgIpc) is 2.97. The zero-order valence-electron chi connectivity index (χ0n) is 11.2. The quantitative estimate of drug-likeness (QED) is 0.770. The van der Waals surface area contributed by atoms with Gasteiger partial charge in [0, 0.05) is 17.4 Å². The van der Waals surface area contributed by atoms with Gasteiger partial charge in [0.25, 0.3) is 0 Å². The maximum Gasteiger partial charge on any atom is 0.226 e. The van der Waals surface area contributed by atoms with Gasteiger partial charge in [-0.1, -0.05) is 38.4 Å². The van der Waals surface area contributed by atoms with E-state index in [2.05, 4.69) is 12.2 Å². The third-order valence-corrected chi connectivity index (χ3v) is 5.22. The minimum absolute atomic E-state index is 0.108. The first kappa shape index (κ1) is 13.8. The van der Waals surface area contributed by atoms with Gasteiger partial charge in [-0.15, -0.1) is 0 Å². The van der Waals surface area contributed by atoms with Gasteiger partial charge >= 0.3 is 0 Å². The average molecular weight is 268 g/mol. The van der Waals surface area contributed by atoms with Crippen molar-refractivity contribution in [3.63, 3.8) is 0 Å². The molecule has 0 aromatic carbocycles. The van der Waals surface area contributed by atoms with E-state index < -0.39 is 0 Å². The van der Waals surface area contributed by atoms with Crippen LogP contribution in [0.4, 0.5) is 0 Å². The van der Waals surface area contributed by atoms with E-state index in [1.807, 2.05) is 0 Å². The van der Waals surface area contributed by atoms with E-state index in [0.717, 1.165) is 38.5 Å². The first-order valence-corrected chi connectivity index (χ1v) is 7.60. The van der Waals surface area contributed by atoms with Crippen LogP contribution in [0, 0.1) is 11.3 Å². The van der Waals surface area contributed by atoms with Crippen molar-refractivity contribution in [3.8, 4) is 0 Å². The van der Waals surface area contributed by atoms with Crippen LogP contribution in [0.5, 0.6) is 0 Å². The molecule has 18 heavy (non-hydrogen) atoms. The monoisotopic (exact) mass is 268 g/mol. The van der Waals surface area contributed by atoms with Crippen molar-refractivity contribution in [2.45, 2.75) is 64.3 Å². The molecule has 0 aromatic heterocycles. The van der Waals surface area contributed by atoms with Gasteiger partial charge in [-0.25, -0.2) is 0 Å². The summed E-state index contributed by atoms with van der Waals surface area (Å²) in [6.07, 6.45) is 8.57. The van der Waals surface area contributed by atoms with E-state index in [0.29, 0.717) is 4.99 Å². The van der Waals surface area contributed by atoms with Crippen LogP contribution in [0.3, 0.4) is 0 Å². The third kappa shape index (κ3) is 2.53. The number of carbonyl (C=O) groups is 1. The van der Waals surface area contributed by atoms with Crippen molar-refractivity contribution in [2.75, 3.05) is 0 Å². The molecule has 0 spiro atoms. The highest BCUT2D eigenvalue weighted by Gasteiger charge is 2.41. The predicted octanol–water partition coefficient (Wildman–Crippen LogP) is 2.53. The highest BCUT2D eigenvalue weighted by molar-refractivity contribution is 7.80. The summed E-state index contributed by atoms with van der Waals surface area (Å²) in [5.74, 6) is 0.454. The number of carbonyl (C=O) groups excluding carboxylic acids is 1. The summed E-state index contributed by atoms with van der Waals surface area (Å²) in [5.41, 5.74) is 5.66. The molecule has 2 aliphatic rings. The molecule has 2 unspecified atom stereocenters. The van der Waals surface area contributed by atoms with Crippen molar-refractivity contribution in [1.82, 2.24) is 5.32 Å². The number of amides is 1. The number of hydrogen-bond acceptors (Lipinski definition) is 2. The molecule has 1 amide bonds. The SMILES string of the molecule is CCC1(C(=O)NC2CCCC2C(N)=S)CCCC1. The lowest BCUT2D eigenvalue weighted by Crippen LogP contribution is -2.47. The van der Waals surface area contributed by atoms with Gasteiger partial charge in [0.1, 0.15) is 0 Å². The molecule has 0 heterocycles. The highest BCUT2D eigenvalue weighted by Crippen LogP contribution is 2.41. The smallest absolute Gasteiger partial charge is 0.226 e. The molecule has 2 fully saturated rings. The first-order chi connectivity index (χ1) is 8.59. The van der Waals surface area contributed by atoms with E-state index in [1.165, 1.54) is 12.8 Å². The Hall–Kier alpha value is -0.640. The van der Waals surface area contributed by atoms with Crippen LogP contribution in [-0.2, 0) is 4.79 Å². The summed E-state index contributed by atoms with van der Waals surface area (Å²) in [4.78, 5) is 13.1.